The van der Waals surface area contributed by atoms with Crippen molar-refractivity contribution in [2.75, 3.05) is 10.2 Å². The van der Waals surface area contributed by atoms with Crippen LogP contribution in [0.3, 0.4) is 0 Å². The third-order valence-electron chi connectivity index (χ3n) is 3.29. The number of nitrogens with zero attached hydrogens (tertiary/aromatic N) is 1. The fourth-order valence-electron chi connectivity index (χ4n) is 2.28. The van der Waals surface area contributed by atoms with Crippen molar-refractivity contribution in [2.24, 2.45) is 0 Å². The van der Waals surface area contributed by atoms with Crippen molar-refractivity contribution in [3.8, 4) is 0 Å². The largest absolute Gasteiger partial charge is 0.330 e. The number of nitrogens with one attached hydrogen (secondary N) is 1. The summed E-state index contributed by atoms with van der Waals surface area (Å²) in [4.78, 5) is 13.6. The van der Waals surface area contributed by atoms with Crippen molar-refractivity contribution in [3.63, 3.8) is 0 Å². The van der Waals surface area contributed by atoms with Crippen molar-refractivity contribution in [3.05, 3.63) is 66.0 Å². The second-order valence-electron chi connectivity index (χ2n) is 4.74. The van der Waals surface area contributed by atoms with Gasteiger partial charge in [-0.2, -0.15) is 0 Å². The Hall–Kier alpha value is -2.62. The minimum atomic E-state index is -0.340. The Morgan fingerprint density at radius 2 is 1.85 bits per heavy atom. The van der Waals surface area contributed by atoms with Crippen LogP contribution >= 0.6 is 0 Å². The van der Waals surface area contributed by atoms with Gasteiger partial charge in [0.15, 0.2) is 0 Å². The summed E-state index contributed by atoms with van der Waals surface area (Å²) in [5.74, 6) is -0.340. The predicted molar refractivity (Wildman–Crippen MR) is 78.1 cm³/mol. The standard InChI is InChI=1S/C16H13FN2O/c1-10-3-8-15-14(9-10)11(2)19(16(20)18-15)13-6-4-12(17)5-7-13/h3-9H,2H2,1H3,(H,18,20). The maximum Gasteiger partial charge on any atom is 0.330 e. The SMILES string of the molecule is C=C1c2cc(C)ccc2NC(=O)N1c1ccc(F)cc1. The van der Waals surface area contributed by atoms with Gasteiger partial charge in [0.2, 0.25) is 0 Å². The van der Waals surface area contributed by atoms with Gasteiger partial charge in [0.25, 0.3) is 0 Å². The second-order valence-corrected chi connectivity index (χ2v) is 4.74. The molecule has 1 aliphatic heterocycles. The Kier molecular flexibility index (Phi) is 2.79. The molecule has 4 heteroatoms. The molecule has 1 aliphatic rings. The summed E-state index contributed by atoms with van der Waals surface area (Å²) < 4.78 is 13.0. The molecule has 2 aromatic rings. The average molecular weight is 268 g/mol. The third-order valence-corrected chi connectivity index (χ3v) is 3.29. The van der Waals surface area contributed by atoms with Crippen molar-refractivity contribution >= 4 is 23.1 Å². The molecule has 1 N–H and O–H groups in total. The van der Waals surface area contributed by atoms with Gasteiger partial charge in [-0.05, 0) is 43.3 Å². The number of hydrogen-bond acceptors (Lipinski definition) is 1. The lowest BCUT2D eigenvalue weighted by Gasteiger charge is -2.31. The van der Waals surface area contributed by atoms with Gasteiger partial charge < -0.3 is 5.32 Å². The summed E-state index contributed by atoms with van der Waals surface area (Å²) in [6.45, 7) is 5.98. The number of rotatable bonds is 1. The molecule has 0 aliphatic carbocycles. The number of amides is 2. The molecule has 0 bridgehead atoms. The molecule has 20 heavy (non-hydrogen) atoms. The first-order valence-electron chi connectivity index (χ1n) is 6.23. The summed E-state index contributed by atoms with van der Waals surface area (Å²) in [6, 6.07) is 11.2. The summed E-state index contributed by atoms with van der Waals surface area (Å²) in [7, 11) is 0. The zero-order valence-corrected chi connectivity index (χ0v) is 11.0. The van der Waals surface area contributed by atoms with Crippen molar-refractivity contribution in [1.29, 1.82) is 0 Å². The fraction of sp³-hybridized carbons (Fsp3) is 0.0625. The molecule has 3 rings (SSSR count). The van der Waals surface area contributed by atoms with E-state index in [0.717, 1.165) is 16.8 Å². The Bertz CT molecular complexity index is 707. The Morgan fingerprint density at radius 3 is 2.55 bits per heavy atom. The van der Waals surface area contributed by atoms with E-state index in [-0.39, 0.29) is 11.8 Å². The maximum absolute atomic E-state index is 13.0. The van der Waals surface area contributed by atoms with E-state index in [1.165, 1.54) is 17.0 Å². The first-order valence-corrected chi connectivity index (χ1v) is 6.23. The van der Waals surface area contributed by atoms with Crippen molar-refractivity contribution in [2.45, 2.75) is 6.92 Å². The molecular formula is C16H13FN2O. The molecule has 0 unspecified atom stereocenters. The normalized spacial score (nSPS) is 14.0. The minimum absolute atomic E-state index is 0.294. The monoisotopic (exact) mass is 268 g/mol. The van der Waals surface area contributed by atoms with Gasteiger partial charge in [-0.25, -0.2) is 9.18 Å². The van der Waals surface area contributed by atoms with Crippen molar-refractivity contribution in [1.82, 2.24) is 0 Å². The molecule has 100 valence electrons. The number of benzene rings is 2. The molecule has 2 amide bonds. The zero-order valence-electron chi connectivity index (χ0n) is 11.0. The van der Waals surface area contributed by atoms with Crippen LogP contribution in [0, 0.1) is 12.7 Å². The Labute approximate surface area is 116 Å². The highest BCUT2D eigenvalue weighted by atomic mass is 19.1. The number of carbonyl (C=O) groups is 1. The lowest BCUT2D eigenvalue weighted by molar-refractivity contribution is 0.259. The number of fused-ring (bicyclic) bond motifs is 1. The number of aryl methyl sites for hydroxylation is 1. The molecule has 0 fully saturated rings. The van der Waals surface area contributed by atoms with Gasteiger partial charge in [0.1, 0.15) is 5.82 Å². The average Bonchev–Trinajstić information content (AvgIpc) is 2.42. The molecule has 1 heterocycles. The Morgan fingerprint density at radius 1 is 1.15 bits per heavy atom. The van der Waals surface area contributed by atoms with Crippen LogP contribution < -0.4 is 10.2 Å². The predicted octanol–water partition coefficient (Wildman–Crippen LogP) is 4.16. The summed E-state index contributed by atoms with van der Waals surface area (Å²) in [6.07, 6.45) is 0. The number of carbonyl (C=O) groups excluding carboxylic acids is 1. The first kappa shape index (κ1) is 12.4. The van der Waals surface area contributed by atoms with Gasteiger partial charge in [-0.3, -0.25) is 4.90 Å². The highest BCUT2D eigenvalue weighted by molar-refractivity contribution is 6.16. The van der Waals surface area contributed by atoms with Gasteiger partial charge >= 0.3 is 6.03 Å². The lowest BCUT2D eigenvalue weighted by Crippen LogP contribution is -2.37. The van der Waals surface area contributed by atoms with Gasteiger partial charge in [0.05, 0.1) is 17.1 Å². The van der Waals surface area contributed by atoms with Crippen LogP contribution in [0.2, 0.25) is 0 Å². The molecule has 3 nitrogen and oxygen atoms in total. The number of hydrogen-bond donors (Lipinski definition) is 1. The van der Waals surface area contributed by atoms with Crippen molar-refractivity contribution < 1.29 is 9.18 Å². The molecule has 0 radical (unpaired) electrons. The topological polar surface area (TPSA) is 32.3 Å². The van der Waals surface area contributed by atoms with E-state index in [2.05, 4.69) is 11.9 Å². The summed E-state index contributed by atoms with van der Waals surface area (Å²) in [5, 5.41) is 2.81. The van der Waals surface area contributed by atoms with Crippen LogP contribution in [0.5, 0.6) is 0 Å². The van der Waals surface area contributed by atoms with Crippen LogP contribution in [-0.2, 0) is 0 Å². The lowest BCUT2D eigenvalue weighted by atomic mass is 10.0. The van der Waals surface area contributed by atoms with E-state index in [1.54, 1.807) is 12.1 Å². The van der Waals surface area contributed by atoms with Gasteiger partial charge in [-0.1, -0.05) is 18.2 Å². The van der Waals surface area contributed by atoms with Crippen LogP contribution in [0.1, 0.15) is 11.1 Å². The zero-order chi connectivity index (χ0) is 14.3. The number of urea groups is 1. The fourth-order valence-corrected chi connectivity index (χ4v) is 2.28. The molecule has 0 aromatic heterocycles. The molecule has 2 aromatic carbocycles. The van der Waals surface area contributed by atoms with E-state index in [1.807, 2.05) is 25.1 Å². The number of halogens is 1. The van der Waals surface area contributed by atoms with Crippen LogP contribution in [-0.4, -0.2) is 6.03 Å². The smallest absolute Gasteiger partial charge is 0.307 e. The molecule has 0 saturated heterocycles. The second kappa shape index (κ2) is 4.49. The minimum Gasteiger partial charge on any atom is -0.307 e. The molecule has 0 saturated carbocycles. The van der Waals surface area contributed by atoms with E-state index in [4.69, 9.17) is 0 Å². The Balaban J connectivity index is 2.07. The summed E-state index contributed by atoms with van der Waals surface area (Å²) >= 11 is 0. The highest BCUT2D eigenvalue weighted by Crippen LogP contribution is 2.34. The van der Waals surface area contributed by atoms with E-state index in [9.17, 15) is 9.18 Å². The van der Waals surface area contributed by atoms with Crippen LogP contribution in [0.25, 0.3) is 5.70 Å². The maximum atomic E-state index is 13.0. The van der Waals surface area contributed by atoms with Gasteiger partial charge in [0, 0.05) is 5.56 Å². The quantitative estimate of drug-likeness (QED) is 0.827. The molecule has 0 atom stereocenters. The molecule has 0 spiro atoms. The highest BCUT2D eigenvalue weighted by Gasteiger charge is 2.27. The first-order chi connectivity index (χ1) is 9.56. The van der Waals surface area contributed by atoms with E-state index < -0.39 is 0 Å². The van der Waals surface area contributed by atoms with Crippen LogP contribution in [0.15, 0.2) is 49.0 Å². The van der Waals surface area contributed by atoms with E-state index >= 15 is 0 Å². The van der Waals surface area contributed by atoms with E-state index in [0.29, 0.717) is 11.4 Å². The molecular weight excluding hydrogens is 255 g/mol. The van der Waals surface area contributed by atoms with Crippen LogP contribution in [0.4, 0.5) is 20.6 Å². The van der Waals surface area contributed by atoms with Gasteiger partial charge in [-0.15, -0.1) is 0 Å². The number of anilines is 2. The third kappa shape index (κ3) is 1.95. The summed E-state index contributed by atoms with van der Waals surface area (Å²) in [5.41, 5.74) is 3.86.